The zero-order valence-corrected chi connectivity index (χ0v) is 10.4. The van der Waals surface area contributed by atoms with Crippen LogP contribution in [0.3, 0.4) is 0 Å². The van der Waals surface area contributed by atoms with Crippen molar-refractivity contribution < 1.29 is 4.74 Å². The fraction of sp³-hybridized carbons (Fsp3) is 0.0714. The van der Waals surface area contributed by atoms with Crippen molar-refractivity contribution in [2.75, 3.05) is 7.11 Å². The lowest BCUT2D eigenvalue weighted by molar-refractivity contribution is 0.415. The summed E-state index contributed by atoms with van der Waals surface area (Å²) in [5.41, 5.74) is 1.83. The van der Waals surface area contributed by atoms with E-state index in [1.807, 2.05) is 47.2 Å². The summed E-state index contributed by atoms with van der Waals surface area (Å²) >= 11 is 0. The first-order chi connectivity index (χ1) is 9.36. The van der Waals surface area contributed by atoms with Crippen LogP contribution in [0.5, 0.6) is 5.75 Å². The Labute approximate surface area is 110 Å². The molecule has 0 aliphatic rings. The SMILES string of the molecule is COc1ccc(-c2ccc(-n3ccnc3)nn2)cc1. The first kappa shape index (κ1) is 11.4. The molecule has 94 valence electrons. The monoisotopic (exact) mass is 252 g/mol. The Morgan fingerprint density at radius 1 is 1.00 bits per heavy atom. The maximum atomic E-state index is 5.13. The Kier molecular flexibility index (Phi) is 2.94. The predicted molar refractivity (Wildman–Crippen MR) is 71.1 cm³/mol. The Morgan fingerprint density at radius 3 is 2.42 bits per heavy atom. The average molecular weight is 252 g/mol. The molecule has 0 amide bonds. The highest BCUT2D eigenvalue weighted by Gasteiger charge is 2.02. The van der Waals surface area contributed by atoms with Gasteiger partial charge in [0.25, 0.3) is 0 Å². The van der Waals surface area contributed by atoms with Crippen LogP contribution in [0, 0.1) is 0 Å². The summed E-state index contributed by atoms with van der Waals surface area (Å²) in [5.74, 6) is 1.57. The van der Waals surface area contributed by atoms with Crippen LogP contribution in [-0.2, 0) is 0 Å². The van der Waals surface area contributed by atoms with E-state index in [1.54, 1.807) is 19.6 Å². The summed E-state index contributed by atoms with van der Waals surface area (Å²) in [5, 5.41) is 8.40. The molecule has 3 aromatic rings. The van der Waals surface area contributed by atoms with E-state index in [-0.39, 0.29) is 0 Å². The number of nitrogens with zero attached hydrogens (tertiary/aromatic N) is 4. The topological polar surface area (TPSA) is 52.8 Å². The first-order valence-electron chi connectivity index (χ1n) is 5.83. The molecule has 0 saturated heterocycles. The summed E-state index contributed by atoms with van der Waals surface area (Å²) < 4.78 is 6.94. The molecule has 0 fully saturated rings. The molecule has 0 spiro atoms. The van der Waals surface area contributed by atoms with Gasteiger partial charge in [-0.3, -0.25) is 4.57 Å². The third-order valence-corrected chi connectivity index (χ3v) is 2.81. The second-order valence-corrected chi connectivity index (χ2v) is 3.98. The van der Waals surface area contributed by atoms with Crippen LogP contribution < -0.4 is 4.74 Å². The molecular formula is C14H12N4O. The zero-order chi connectivity index (χ0) is 13.1. The number of aromatic nitrogens is 4. The molecule has 0 atom stereocenters. The number of methoxy groups -OCH3 is 1. The van der Waals surface area contributed by atoms with E-state index in [1.165, 1.54) is 0 Å². The van der Waals surface area contributed by atoms with E-state index in [9.17, 15) is 0 Å². The number of hydrogen-bond donors (Lipinski definition) is 0. The van der Waals surface area contributed by atoms with Crippen LogP contribution in [0.2, 0.25) is 0 Å². The largest absolute Gasteiger partial charge is 0.497 e. The minimum absolute atomic E-state index is 0.745. The Balaban J connectivity index is 1.89. The van der Waals surface area contributed by atoms with Gasteiger partial charge in [0.2, 0.25) is 0 Å². The van der Waals surface area contributed by atoms with Gasteiger partial charge in [0.15, 0.2) is 5.82 Å². The van der Waals surface area contributed by atoms with Crippen LogP contribution in [0.15, 0.2) is 55.1 Å². The molecule has 0 unspecified atom stereocenters. The Hall–Kier alpha value is -2.69. The molecule has 0 radical (unpaired) electrons. The third kappa shape index (κ3) is 2.30. The molecule has 2 aromatic heterocycles. The molecule has 5 heteroatoms. The van der Waals surface area contributed by atoms with Crippen LogP contribution in [0.1, 0.15) is 0 Å². The molecular weight excluding hydrogens is 240 g/mol. The van der Waals surface area contributed by atoms with E-state index in [2.05, 4.69) is 15.2 Å². The van der Waals surface area contributed by atoms with E-state index in [0.29, 0.717) is 0 Å². The quantitative estimate of drug-likeness (QED) is 0.718. The van der Waals surface area contributed by atoms with Crippen molar-refractivity contribution in [3.8, 4) is 22.8 Å². The van der Waals surface area contributed by atoms with Gasteiger partial charge in [-0.25, -0.2) is 4.98 Å². The Bertz CT molecular complexity index is 645. The fourth-order valence-corrected chi connectivity index (χ4v) is 1.77. The number of ether oxygens (including phenoxy) is 1. The normalized spacial score (nSPS) is 10.4. The van der Waals surface area contributed by atoms with Crippen LogP contribution in [-0.4, -0.2) is 26.9 Å². The summed E-state index contributed by atoms with van der Waals surface area (Å²) in [4.78, 5) is 3.98. The van der Waals surface area contributed by atoms with Crippen molar-refractivity contribution in [2.24, 2.45) is 0 Å². The number of rotatable bonds is 3. The molecule has 19 heavy (non-hydrogen) atoms. The Morgan fingerprint density at radius 2 is 1.84 bits per heavy atom. The zero-order valence-electron chi connectivity index (χ0n) is 10.4. The minimum atomic E-state index is 0.745. The molecule has 3 rings (SSSR count). The molecule has 0 aliphatic carbocycles. The lowest BCUT2D eigenvalue weighted by atomic mass is 10.1. The smallest absolute Gasteiger partial charge is 0.160 e. The third-order valence-electron chi connectivity index (χ3n) is 2.81. The van der Waals surface area contributed by atoms with Gasteiger partial charge in [-0.05, 0) is 36.4 Å². The van der Waals surface area contributed by atoms with E-state index in [4.69, 9.17) is 4.74 Å². The van der Waals surface area contributed by atoms with Gasteiger partial charge in [0.05, 0.1) is 12.8 Å². The van der Waals surface area contributed by atoms with Gasteiger partial charge in [-0.2, -0.15) is 0 Å². The van der Waals surface area contributed by atoms with Crippen molar-refractivity contribution in [1.29, 1.82) is 0 Å². The summed E-state index contributed by atoms with van der Waals surface area (Å²) in [6.07, 6.45) is 5.23. The summed E-state index contributed by atoms with van der Waals surface area (Å²) in [7, 11) is 1.65. The van der Waals surface area contributed by atoms with Gasteiger partial charge in [-0.1, -0.05) is 0 Å². The van der Waals surface area contributed by atoms with Crippen molar-refractivity contribution in [3.63, 3.8) is 0 Å². The molecule has 2 heterocycles. The van der Waals surface area contributed by atoms with E-state index in [0.717, 1.165) is 22.8 Å². The molecule has 5 nitrogen and oxygen atoms in total. The van der Waals surface area contributed by atoms with Gasteiger partial charge in [0.1, 0.15) is 12.1 Å². The lowest BCUT2D eigenvalue weighted by Crippen LogP contribution is -1.97. The van der Waals surface area contributed by atoms with Crippen molar-refractivity contribution in [1.82, 2.24) is 19.7 Å². The maximum Gasteiger partial charge on any atom is 0.160 e. The summed E-state index contributed by atoms with van der Waals surface area (Å²) in [6, 6.07) is 11.6. The first-order valence-corrected chi connectivity index (χ1v) is 5.83. The minimum Gasteiger partial charge on any atom is -0.497 e. The second-order valence-electron chi connectivity index (χ2n) is 3.98. The van der Waals surface area contributed by atoms with E-state index >= 15 is 0 Å². The molecule has 0 bridgehead atoms. The highest BCUT2D eigenvalue weighted by atomic mass is 16.5. The van der Waals surface area contributed by atoms with Gasteiger partial charge in [-0.15, -0.1) is 10.2 Å². The molecule has 1 aromatic carbocycles. The fourth-order valence-electron chi connectivity index (χ4n) is 1.77. The molecule has 0 saturated carbocycles. The standard InChI is InChI=1S/C14H12N4O/c1-19-12-4-2-11(3-5-12)13-6-7-14(17-16-13)18-9-8-15-10-18/h2-10H,1H3. The van der Waals surface area contributed by atoms with Gasteiger partial charge >= 0.3 is 0 Å². The second kappa shape index (κ2) is 4.89. The van der Waals surface area contributed by atoms with Crippen molar-refractivity contribution >= 4 is 0 Å². The van der Waals surface area contributed by atoms with Crippen LogP contribution in [0.25, 0.3) is 17.1 Å². The van der Waals surface area contributed by atoms with Gasteiger partial charge < -0.3 is 4.74 Å². The van der Waals surface area contributed by atoms with Crippen LogP contribution >= 0.6 is 0 Å². The molecule has 0 aliphatic heterocycles. The highest BCUT2D eigenvalue weighted by molar-refractivity contribution is 5.59. The van der Waals surface area contributed by atoms with Gasteiger partial charge in [0, 0.05) is 18.0 Å². The maximum absolute atomic E-state index is 5.13. The number of benzene rings is 1. The van der Waals surface area contributed by atoms with Crippen molar-refractivity contribution in [2.45, 2.75) is 0 Å². The molecule has 0 N–H and O–H groups in total. The number of hydrogen-bond acceptors (Lipinski definition) is 4. The predicted octanol–water partition coefficient (Wildman–Crippen LogP) is 2.34. The highest BCUT2D eigenvalue weighted by Crippen LogP contribution is 2.20. The summed E-state index contributed by atoms with van der Waals surface area (Å²) in [6.45, 7) is 0. The number of imidazole rings is 1. The van der Waals surface area contributed by atoms with Crippen molar-refractivity contribution in [3.05, 3.63) is 55.1 Å². The average Bonchev–Trinajstić information content (AvgIpc) is 3.02. The lowest BCUT2D eigenvalue weighted by Gasteiger charge is -2.04. The van der Waals surface area contributed by atoms with E-state index < -0.39 is 0 Å². The van der Waals surface area contributed by atoms with Crippen LogP contribution in [0.4, 0.5) is 0 Å².